The van der Waals surface area contributed by atoms with Crippen LogP contribution < -0.4 is 0 Å². The molecule has 1 nitrogen and oxygen atoms in total. The normalized spacial score (nSPS) is 11.0. The third-order valence-corrected chi connectivity index (χ3v) is 2.33. The number of H-pyrrole nitrogens is 1. The summed E-state index contributed by atoms with van der Waals surface area (Å²) in [6.07, 6.45) is 8.11. The van der Waals surface area contributed by atoms with Gasteiger partial charge in [-0.2, -0.15) is 11.3 Å². The van der Waals surface area contributed by atoms with Crippen molar-refractivity contribution < 1.29 is 0 Å². The Labute approximate surface area is 75.4 Å². The van der Waals surface area contributed by atoms with Gasteiger partial charge in [0.1, 0.15) is 0 Å². The maximum atomic E-state index is 3.01. The lowest BCUT2D eigenvalue weighted by Gasteiger charge is -1.82. The summed E-state index contributed by atoms with van der Waals surface area (Å²) in [5, 5.41) is 4.21. The van der Waals surface area contributed by atoms with Gasteiger partial charge in [0, 0.05) is 12.4 Å². The second-order valence-corrected chi connectivity index (χ2v) is 3.31. The van der Waals surface area contributed by atoms with Crippen LogP contribution in [-0.4, -0.2) is 4.98 Å². The lowest BCUT2D eigenvalue weighted by atomic mass is 10.2. The molecule has 2 rings (SSSR count). The molecule has 1 N–H and O–H groups in total. The average molecular weight is 175 g/mol. The first-order chi connectivity index (χ1) is 5.95. The molecule has 0 spiro atoms. The molecule has 0 fully saturated rings. The quantitative estimate of drug-likeness (QED) is 0.721. The summed E-state index contributed by atoms with van der Waals surface area (Å²) in [6, 6.07) is 4.15. The third kappa shape index (κ3) is 1.66. The summed E-state index contributed by atoms with van der Waals surface area (Å²) in [5.41, 5.74) is 2.47. The molecule has 0 aliphatic heterocycles. The Morgan fingerprint density at radius 1 is 1.17 bits per heavy atom. The fourth-order valence-corrected chi connectivity index (χ4v) is 1.63. The van der Waals surface area contributed by atoms with Crippen molar-refractivity contribution in [3.8, 4) is 0 Å². The summed E-state index contributed by atoms with van der Waals surface area (Å²) >= 11 is 1.72. The van der Waals surface area contributed by atoms with Crippen LogP contribution in [0.3, 0.4) is 0 Å². The van der Waals surface area contributed by atoms with Crippen LogP contribution in [0.25, 0.3) is 12.2 Å². The highest BCUT2D eigenvalue weighted by Gasteiger charge is 1.86. The summed E-state index contributed by atoms with van der Waals surface area (Å²) < 4.78 is 0. The smallest absolute Gasteiger partial charge is 0.00781 e. The molecule has 0 aromatic carbocycles. The fourth-order valence-electron chi connectivity index (χ4n) is 1.00. The van der Waals surface area contributed by atoms with Crippen molar-refractivity contribution in [2.75, 3.05) is 0 Å². The molecule has 2 aromatic heterocycles. The van der Waals surface area contributed by atoms with Crippen LogP contribution in [0.4, 0.5) is 0 Å². The lowest BCUT2D eigenvalue weighted by molar-refractivity contribution is 1.41. The van der Waals surface area contributed by atoms with Gasteiger partial charge in [0.05, 0.1) is 0 Å². The van der Waals surface area contributed by atoms with Crippen molar-refractivity contribution in [1.82, 2.24) is 4.98 Å². The van der Waals surface area contributed by atoms with Crippen molar-refractivity contribution >= 4 is 23.5 Å². The van der Waals surface area contributed by atoms with E-state index in [1.165, 1.54) is 11.1 Å². The topological polar surface area (TPSA) is 15.8 Å². The van der Waals surface area contributed by atoms with E-state index >= 15 is 0 Å². The van der Waals surface area contributed by atoms with Gasteiger partial charge in [-0.3, -0.25) is 0 Å². The van der Waals surface area contributed by atoms with E-state index < -0.39 is 0 Å². The Bertz CT molecular complexity index is 307. The van der Waals surface area contributed by atoms with Gasteiger partial charge >= 0.3 is 0 Å². The van der Waals surface area contributed by atoms with Gasteiger partial charge in [-0.25, -0.2) is 0 Å². The SMILES string of the molecule is C(=Cc1ccsc1)c1cc[nH]c1. The van der Waals surface area contributed by atoms with E-state index in [2.05, 4.69) is 34.0 Å². The average Bonchev–Trinajstić information content (AvgIpc) is 2.74. The minimum Gasteiger partial charge on any atom is -0.367 e. The van der Waals surface area contributed by atoms with Gasteiger partial charge in [-0.15, -0.1) is 0 Å². The minimum absolute atomic E-state index is 1.21. The highest BCUT2D eigenvalue weighted by atomic mass is 32.1. The Morgan fingerprint density at radius 3 is 2.75 bits per heavy atom. The number of rotatable bonds is 2. The fraction of sp³-hybridized carbons (Fsp3) is 0. The predicted molar refractivity (Wildman–Crippen MR) is 54.0 cm³/mol. The molecule has 2 heteroatoms. The van der Waals surface area contributed by atoms with Crippen molar-refractivity contribution in [3.05, 3.63) is 46.4 Å². The zero-order chi connectivity index (χ0) is 8.23. The standard InChI is InChI=1S/C10H9NS/c1(9-3-5-11-7-9)2-10-4-6-12-8-10/h1-8,11H. The van der Waals surface area contributed by atoms with E-state index in [4.69, 9.17) is 0 Å². The molecular formula is C10H9NS. The van der Waals surface area contributed by atoms with Gasteiger partial charge in [-0.1, -0.05) is 12.2 Å². The van der Waals surface area contributed by atoms with Gasteiger partial charge in [0.25, 0.3) is 0 Å². The van der Waals surface area contributed by atoms with Crippen LogP contribution >= 0.6 is 11.3 Å². The van der Waals surface area contributed by atoms with Gasteiger partial charge in [0.15, 0.2) is 0 Å². The summed E-state index contributed by atoms with van der Waals surface area (Å²) in [4.78, 5) is 3.01. The van der Waals surface area contributed by atoms with E-state index in [1.807, 2.05) is 18.5 Å². The molecule has 0 radical (unpaired) electrons. The molecular weight excluding hydrogens is 166 g/mol. The molecule has 60 valence electrons. The van der Waals surface area contributed by atoms with Crippen molar-refractivity contribution in [1.29, 1.82) is 0 Å². The van der Waals surface area contributed by atoms with E-state index in [0.29, 0.717) is 0 Å². The largest absolute Gasteiger partial charge is 0.367 e. The maximum Gasteiger partial charge on any atom is 0.00781 e. The molecule has 0 saturated heterocycles. The van der Waals surface area contributed by atoms with Crippen LogP contribution in [-0.2, 0) is 0 Å². The molecule has 0 aliphatic carbocycles. The second kappa shape index (κ2) is 3.41. The number of hydrogen-bond acceptors (Lipinski definition) is 1. The predicted octanol–water partition coefficient (Wildman–Crippen LogP) is 3.25. The highest BCUT2D eigenvalue weighted by Crippen LogP contribution is 2.10. The molecule has 0 aliphatic rings. The van der Waals surface area contributed by atoms with E-state index in [-0.39, 0.29) is 0 Å². The molecule has 12 heavy (non-hydrogen) atoms. The summed E-state index contributed by atoms with van der Waals surface area (Å²) in [7, 11) is 0. The monoisotopic (exact) mass is 175 g/mol. The van der Waals surface area contributed by atoms with Crippen LogP contribution in [0.15, 0.2) is 35.3 Å². The molecule has 0 atom stereocenters. The number of aromatic amines is 1. The zero-order valence-corrected chi connectivity index (χ0v) is 7.34. The lowest BCUT2D eigenvalue weighted by Crippen LogP contribution is -1.61. The first-order valence-electron chi connectivity index (χ1n) is 3.78. The van der Waals surface area contributed by atoms with Gasteiger partial charge in [0.2, 0.25) is 0 Å². The molecule has 2 aromatic rings. The molecule has 0 amide bonds. The molecule has 0 saturated carbocycles. The van der Waals surface area contributed by atoms with E-state index in [0.717, 1.165) is 0 Å². The first-order valence-corrected chi connectivity index (χ1v) is 4.72. The van der Waals surface area contributed by atoms with Crippen LogP contribution in [0.2, 0.25) is 0 Å². The Morgan fingerprint density at radius 2 is 2.08 bits per heavy atom. The van der Waals surface area contributed by atoms with Crippen LogP contribution in [0.5, 0.6) is 0 Å². The molecule has 0 unspecified atom stereocenters. The Balaban J connectivity index is 2.14. The number of thiophene rings is 1. The van der Waals surface area contributed by atoms with Crippen molar-refractivity contribution in [2.45, 2.75) is 0 Å². The molecule has 2 heterocycles. The third-order valence-electron chi connectivity index (χ3n) is 1.63. The van der Waals surface area contributed by atoms with Gasteiger partial charge < -0.3 is 4.98 Å². The highest BCUT2D eigenvalue weighted by molar-refractivity contribution is 7.08. The van der Waals surface area contributed by atoms with Crippen molar-refractivity contribution in [3.63, 3.8) is 0 Å². The summed E-state index contributed by atoms with van der Waals surface area (Å²) in [5.74, 6) is 0. The first kappa shape index (κ1) is 7.37. The number of nitrogens with one attached hydrogen (secondary N) is 1. The van der Waals surface area contributed by atoms with E-state index in [1.54, 1.807) is 11.3 Å². The zero-order valence-electron chi connectivity index (χ0n) is 6.53. The number of aromatic nitrogens is 1. The van der Waals surface area contributed by atoms with Crippen LogP contribution in [0, 0.1) is 0 Å². The van der Waals surface area contributed by atoms with Crippen molar-refractivity contribution in [2.24, 2.45) is 0 Å². The molecule has 0 bridgehead atoms. The Hall–Kier alpha value is -1.28. The summed E-state index contributed by atoms with van der Waals surface area (Å²) in [6.45, 7) is 0. The minimum atomic E-state index is 1.21. The maximum absolute atomic E-state index is 3.01. The second-order valence-electron chi connectivity index (χ2n) is 2.53. The van der Waals surface area contributed by atoms with Crippen LogP contribution in [0.1, 0.15) is 11.1 Å². The number of hydrogen-bond donors (Lipinski definition) is 1. The van der Waals surface area contributed by atoms with Gasteiger partial charge in [-0.05, 0) is 34.0 Å². The Kier molecular flexibility index (Phi) is 2.10. The van der Waals surface area contributed by atoms with E-state index in [9.17, 15) is 0 Å².